The summed E-state index contributed by atoms with van der Waals surface area (Å²) in [4.78, 5) is 24.6. The molecule has 0 aliphatic carbocycles. The second-order valence-electron chi connectivity index (χ2n) is 5.29. The zero-order chi connectivity index (χ0) is 16.8. The fourth-order valence-electron chi connectivity index (χ4n) is 1.99. The smallest absolute Gasteiger partial charge is 0.255 e. The van der Waals surface area contributed by atoms with Crippen LogP contribution in [0.25, 0.3) is 0 Å². The Morgan fingerprint density at radius 1 is 1.04 bits per heavy atom. The van der Waals surface area contributed by atoms with Crippen LogP contribution in [0, 0.1) is 0 Å². The Morgan fingerprint density at radius 3 is 2.35 bits per heavy atom. The molecule has 23 heavy (non-hydrogen) atoms. The molecule has 0 aliphatic rings. The summed E-state index contributed by atoms with van der Waals surface area (Å²) in [5.74, 6) is -0.438. The SMILES string of the molecule is CC[C@H](C)NC(=O)c1ccccc1NC(=O)c1ccc(Br)cc1. The third kappa shape index (κ3) is 4.66. The van der Waals surface area contributed by atoms with E-state index in [1.54, 1.807) is 48.5 Å². The van der Waals surface area contributed by atoms with E-state index in [0.717, 1.165) is 10.9 Å². The lowest BCUT2D eigenvalue weighted by molar-refractivity contribution is 0.0940. The number of hydrogen-bond donors (Lipinski definition) is 2. The van der Waals surface area contributed by atoms with E-state index < -0.39 is 0 Å². The average molecular weight is 375 g/mol. The highest BCUT2D eigenvalue weighted by Gasteiger charge is 2.15. The van der Waals surface area contributed by atoms with Crippen LogP contribution in [0.15, 0.2) is 53.0 Å². The minimum atomic E-state index is -0.249. The highest BCUT2D eigenvalue weighted by Crippen LogP contribution is 2.17. The first-order chi connectivity index (χ1) is 11.0. The molecule has 1 atom stereocenters. The molecule has 2 N–H and O–H groups in total. The largest absolute Gasteiger partial charge is 0.350 e. The summed E-state index contributed by atoms with van der Waals surface area (Å²) in [5.41, 5.74) is 1.49. The van der Waals surface area contributed by atoms with Crippen LogP contribution < -0.4 is 10.6 Å². The predicted octanol–water partition coefficient (Wildman–Crippen LogP) is 4.23. The van der Waals surface area contributed by atoms with Crippen LogP contribution in [0.4, 0.5) is 5.69 Å². The molecule has 2 rings (SSSR count). The van der Waals surface area contributed by atoms with Crippen LogP contribution in [0.1, 0.15) is 41.0 Å². The lowest BCUT2D eigenvalue weighted by atomic mass is 10.1. The highest BCUT2D eigenvalue weighted by molar-refractivity contribution is 9.10. The minimum Gasteiger partial charge on any atom is -0.350 e. The Bertz CT molecular complexity index is 698. The number of rotatable bonds is 5. The Morgan fingerprint density at radius 2 is 1.70 bits per heavy atom. The second kappa shape index (κ2) is 7.92. The van der Waals surface area contributed by atoms with Crippen molar-refractivity contribution in [2.45, 2.75) is 26.3 Å². The number of carbonyl (C=O) groups excluding carboxylic acids is 2. The van der Waals surface area contributed by atoms with Gasteiger partial charge in [0.2, 0.25) is 0 Å². The van der Waals surface area contributed by atoms with Gasteiger partial charge in [0.25, 0.3) is 11.8 Å². The molecule has 0 radical (unpaired) electrons. The van der Waals surface area contributed by atoms with Gasteiger partial charge in [-0.15, -0.1) is 0 Å². The maximum Gasteiger partial charge on any atom is 0.255 e. The Hall–Kier alpha value is -2.14. The molecule has 0 aromatic heterocycles. The molecule has 120 valence electrons. The molecule has 0 saturated carbocycles. The minimum absolute atomic E-state index is 0.0812. The van der Waals surface area contributed by atoms with Gasteiger partial charge in [-0.3, -0.25) is 9.59 Å². The zero-order valence-corrected chi connectivity index (χ0v) is 14.7. The second-order valence-corrected chi connectivity index (χ2v) is 6.21. The fraction of sp³-hybridized carbons (Fsp3) is 0.222. The molecular formula is C18H19BrN2O2. The van der Waals surface area contributed by atoms with Gasteiger partial charge in [-0.05, 0) is 49.7 Å². The normalized spacial score (nSPS) is 11.6. The molecule has 2 aromatic rings. The van der Waals surface area contributed by atoms with E-state index in [9.17, 15) is 9.59 Å². The van der Waals surface area contributed by atoms with Gasteiger partial charge in [0, 0.05) is 16.1 Å². The maximum atomic E-state index is 12.3. The highest BCUT2D eigenvalue weighted by atomic mass is 79.9. The van der Waals surface area contributed by atoms with Crippen LogP contribution in [-0.4, -0.2) is 17.9 Å². The van der Waals surface area contributed by atoms with E-state index in [1.807, 2.05) is 13.8 Å². The fourth-order valence-corrected chi connectivity index (χ4v) is 2.25. The summed E-state index contributed by atoms with van der Waals surface area (Å²) in [6.07, 6.45) is 0.846. The number of carbonyl (C=O) groups is 2. The molecule has 2 amide bonds. The van der Waals surface area contributed by atoms with Crippen LogP contribution >= 0.6 is 15.9 Å². The van der Waals surface area contributed by atoms with E-state index >= 15 is 0 Å². The zero-order valence-electron chi connectivity index (χ0n) is 13.1. The third-order valence-electron chi connectivity index (χ3n) is 3.52. The Labute approximate surface area is 144 Å². The lowest BCUT2D eigenvalue weighted by Crippen LogP contribution is -2.32. The lowest BCUT2D eigenvalue weighted by Gasteiger charge is -2.14. The van der Waals surface area contributed by atoms with E-state index in [2.05, 4.69) is 26.6 Å². The topological polar surface area (TPSA) is 58.2 Å². The number of halogens is 1. The molecule has 0 unspecified atom stereocenters. The first-order valence-electron chi connectivity index (χ1n) is 7.48. The van der Waals surface area contributed by atoms with Crippen molar-refractivity contribution in [2.24, 2.45) is 0 Å². The first-order valence-corrected chi connectivity index (χ1v) is 8.27. The van der Waals surface area contributed by atoms with Crippen molar-refractivity contribution in [3.05, 3.63) is 64.1 Å². The van der Waals surface area contributed by atoms with E-state index in [1.165, 1.54) is 0 Å². The molecule has 0 saturated heterocycles. The number of para-hydroxylation sites is 1. The summed E-state index contributed by atoms with van der Waals surface area (Å²) >= 11 is 3.34. The van der Waals surface area contributed by atoms with Gasteiger partial charge in [0.05, 0.1) is 11.3 Å². The van der Waals surface area contributed by atoms with Crippen molar-refractivity contribution in [3.63, 3.8) is 0 Å². The van der Waals surface area contributed by atoms with Gasteiger partial charge < -0.3 is 10.6 Å². The number of benzene rings is 2. The van der Waals surface area contributed by atoms with Crippen molar-refractivity contribution >= 4 is 33.4 Å². The van der Waals surface area contributed by atoms with Crippen molar-refractivity contribution in [1.82, 2.24) is 5.32 Å². The summed E-state index contributed by atoms with van der Waals surface area (Å²) in [5, 5.41) is 5.71. The third-order valence-corrected chi connectivity index (χ3v) is 4.04. The number of anilines is 1. The van der Waals surface area contributed by atoms with Crippen molar-refractivity contribution in [1.29, 1.82) is 0 Å². The van der Waals surface area contributed by atoms with Crippen LogP contribution in [0.2, 0.25) is 0 Å². The molecule has 0 fully saturated rings. The van der Waals surface area contributed by atoms with Crippen molar-refractivity contribution < 1.29 is 9.59 Å². The maximum absolute atomic E-state index is 12.3. The van der Waals surface area contributed by atoms with Gasteiger partial charge in [-0.25, -0.2) is 0 Å². The standard InChI is InChI=1S/C18H19BrN2O2/c1-3-12(2)20-18(23)15-6-4-5-7-16(15)21-17(22)13-8-10-14(19)11-9-13/h4-12H,3H2,1-2H3,(H,20,23)(H,21,22)/t12-/m0/s1. The Balaban J connectivity index is 2.18. The number of amides is 2. The summed E-state index contributed by atoms with van der Waals surface area (Å²) in [6, 6.07) is 14.1. The average Bonchev–Trinajstić information content (AvgIpc) is 2.55. The van der Waals surface area contributed by atoms with Crippen molar-refractivity contribution in [3.8, 4) is 0 Å². The van der Waals surface area contributed by atoms with Gasteiger partial charge >= 0.3 is 0 Å². The quantitative estimate of drug-likeness (QED) is 0.822. The monoisotopic (exact) mass is 374 g/mol. The van der Waals surface area contributed by atoms with Crippen LogP contribution in [-0.2, 0) is 0 Å². The van der Waals surface area contributed by atoms with Crippen LogP contribution in [0.5, 0.6) is 0 Å². The van der Waals surface area contributed by atoms with Crippen LogP contribution in [0.3, 0.4) is 0 Å². The molecular weight excluding hydrogens is 356 g/mol. The van der Waals surface area contributed by atoms with E-state index in [-0.39, 0.29) is 17.9 Å². The van der Waals surface area contributed by atoms with Crippen molar-refractivity contribution in [2.75, 3.05) is 5.32 Å². The number of hydrogen-bond acceptors (Lipinski definition) is 2. The molecule has 0 heterocycles. The van der Waals surface area contributed by atoms with Gasteiger partial charge in [0.1, 0.15) is 0 Å². The number of nitrogens with one attached hydrogen (secondary N) is 2. The Kier molecular flexibility index (Phi) is 5.93. The van der Waals surface area contributed by atoms with E-state index in [0.29, 0.717) is 16.8 Å². The predicted molar refractivity (Wildman–Crippen MR) is 95.8 cm³/mol. The molecule has 0 spiro atoms. The summed E-state index contributed by atoms with van der Waals surface area (Å²) < 4.78 is 0.905. The first kappa shape index (κ1) is 17.2. The molecule has 2 aromatic carbocycles. The summed E-state index contributed by atoms with van der Waals surface area (Å²) in [7, 11) is 0. The van der Waals surface area contributed by atoms with E-state index in [4.69, 9.17) is 0 Å². The molecule has 4 nitrogen and oxygen atoms in total. The molecule has 5 heteroatoms. The van der Waals surface area contributed by atoms with Gasteiger partial charge in [-0.1, -0.05) is 35.0 Å². The molecule has 0 aliphatic heterocycles. The molecule has 0 bridgehead atoms. The summed E-state index contributed by atoms with van der Waals surface area (Å²) in [6.45, 7) is 3.95. The van der Waals surface area contributed by atoms with Gasteiger partial charge in [0.15, 0.2) is 0 Å². The van der Waals surface area contributed by atoms with Gasteiger partial charge in [-0.2, -0.15) is 0 Å².